The Morgan fingerprint density at radius 3 is 2.06 bits per heavy atom. The summed E-state index contributed by atoms with van der Waals surface area (Å²) in [6.07, 6.45) is 5.43. The van der Waals surface area contributed by atoms with E-state index in [0.717, 1.165) is 45.2 Å². The highest BCUT2D eigenvalue weighted by atomic mass is 35.5. The van der Waals surface area contributed by atoms with Crippen LogP contribution >= 0.6 is 11.6 Å². The van der Waals surface area contributed by atoms with Crippen LogP contribution < -0.4 is 0 Å². The van der Waals surface area contributed by atoms with Crippen LogP contribution in [0.2, 0.25) is 5.02 Å². The number of likely N-dealkylation sites (tertiary alicyclic amines) is 3. The number of hydrogen-bond acceptors (Lipinski definition) is 3. The summed E-state index contributed by atoms with van der Waals surface area (Å²) >= 11 is 5.93. The van der Waals surface area contributed by atoms with E-state index in [2.05, 4.69) is 6.92 Å². The van der Waals surface area contributed by atoms with Gasteiger partial charge >= 0.3 is 0 Å². The number of carbonyl (C=O) groups is 3. The highest BCUT2D eigenvalue weighted by molar-refractivity contribution is 6.30. The van der Waals surface area contributed by atoms with E-state index in [1.54, 1.807) is 29.2 Å². The van der Waals surface area contributed by atoms with Gasteiger partial charge in [0.15, 0.2) is 0 Å². The van der Waals surface area contributed by atoms with Gasteiger partial charge in [0.25, 0.3) is 5.91 Å². The first-order valence-electron chi connectivity index (χ1n) is 12.0. The molecule has 1 aromatic carbocycles. The minimum Gasteiger partial charge on any atom is -0.342 e. The fraction of sp³-hybridized carbons (Fsp3) is 0.640. The van der Waals surface area contributed by atoms with Crippen LogP contribution in [0.1, 0.15) is 55.8 Å². The van der Waals surface area contributed by atoms with Crippen molar-refractivity contribution in [1.29, 1.82) is 0 Å². The molecule has 3 aliphatic heterocycles. The lowest BCUT2D eigenvalue weighted by Gasteiger charge is -2.39. The van der Waals surface area contributed by atoms with Gasteiger partial charge in [0.1, 0.15) is 0 Å². The van der Waals surface area contributed by atoms with Crippen LogP contribution in [0.25, 0.3) is 0 Å². The van der Waals surface area contributed by atoms with Gasteiger partial charge < -0.3 is 14.7 Å². The maximum absolute atomic E-state index is 13.2. The van der Waals surface area contributed by atoms with Crippen LogP contribution in [0, 0.1) is 17.8 Å². The van der Waals surface area contributed by atoms with E-state index < -0.39 is 0 Å². The van der Waals surface area contributed by atoms with Crippen LogP contribution in [-0.4, -0.2) is 71.7 Å². The molecular formula is C25H34ClN3O3. The van der Waals surface area contributed by atoms with Crippen LogP contribution in [0.5, 0.6) is 0 Å². The van der Waals surface area contributed by atoms with Crippen molar-refractivity contribution in [3.05, 3.63) is 34.9 Å². The first kappa shape index (κ1) is 23.1. The number of hydrogen-bond donors (Lipinski definition) is 0. The van der Waals surface area contributed by atoms with Gasteiger partial charge in [-0.1, -0.05) is 18.5 Å². The summed E-state index contributed by atoms with van der Waals surface area (Å²) in [5.74, 6) is 0.837. The second kappa shape index (κ2) is 10.2. The Labute approximate surface area is 195 Å². The lowest BCUT2D eigenvalue weighted by molar-refractivity contribution is -0.144. The van der Waals surface area contributed by atoms with E-state index in [1.807, 2.05) is 9.80 Å². The number of halogens is 1. The molecule has 0 N–H and O–H groups in total. The second-order valence-electron chi connectivity index (χ2n) is 9.73. The van der Waals surface area contributed by atoms with E-state index in [0.29, 0.717) is 42.7 Å². The highest BCUT2D eigenvalue weighted by Crippen LogP contribution is 2.27. The van der Waals surface area contributed by atoms with Gasteiger partial charge in [0.05, 0.1) is 5.92 Å². The molecule has 0 bridgehead atoms. The largest absolute Gasteiger partial charge is 0.342 e. The van der Waals surface area contributed by atoms with Crippen molar-refractivity contribution in [2.75, 3.05) is 39.3 Å². The third-order valence-electron chi connectivity index (χ3n) is 7.27. The Bertz CT molecular complexity index is 835. The molecule has 3 amide bonds. The van der Waals surface area contributed by atoms with Gasteiger partial charge in [0.2, 0.25) is 11.8 Å². The summed E-state index contributed by atoms with van der Waals surface area (Å²) in [4.78, 5) is 44.7. The molecule has 32 heavy (non-hydrogen) atoms. The minimum atomic E-state index is -0.157. The van der Waals surface area contributed by atoms with E-state index >= 15 is 0 Å². The molecule has 0 saturated carbocycles. The summed E-state index contributed by atoms with van der Waals surface area (Å²) in [6, 6.07) is 6.91. The number of nitrogens with zero attached hydrogens (tertiary/aromatic N) is 3. The smallest absolute Gasteiger partial charge is 0.253 e. The molecule has 3 fully saturated rings. The van der Waals surface area contributed by atoms with E-state index in [9.17, 15) is 14.4 Å². The summed E-state index contributed by atoms with van der Waals surface area (Å²) in [6.45, 7) is 6.38. The molecule has 1 aromatic rings. The summed E-state index contributed by atoms with van der Waals surface area (Å²) in [7, 11) is 0. The Kier molecular flexibility index (Phi) is 7.39. The van der Waals surface area contributed by atoms with Crippen LogP contribution in [0.15, 0.2) is 24.3 Å². The summed E-state index contributed by atoms with van der Waals surface area (Å²) in [5, 5.41) is 0.602. The van der Waals surface area contributed by atoms with Crippen LogP contribution in [-0.2, 0) is 9.59 Å². The van der Waals surface area contributed by atoms with E-state index in [-0.39, 0.29) is 29.6 Å². The molecule has 7 heteroatoms. The minimum absolute atomic E-state index is 0.0405. The molecule has 2 atom stereocenters. The first-order chi connectivity index (χ1) is 15.4. The Morgan fingerprint density at radius 1 is 0.750 bits per heavy atom. The van der Waals surface area contributed by atoms with Crippen molar-refractivity contribution in [3.8, 4) is 0 Å². The van der Waals surface area contributed by atoms with Crippen LogP contribution in [0.4, 0.5) is 0 Å². The number of rotatable bonds is 3. The third-order valence-corrected chi connectivity index (χ3v) is 7.53. The van der Waals surface area contributed by atoms with Crippen molar-refractivity contribution in [2.45, 2.75) is 45.4 Å². The molecule has 0 aliphatic carbocycles. The van der Waals surface area contributed by atoms with Gasteiger partial charge in [-0.05, 0) is 68.7 Å². The average Bonchev–Trinajstić information content (AvgIpc) is 2.83. The standard InChI is InChI=1S/C25H34ClN3O3/c1-18-4-2-12-28(16-18)24(31)20-10-14-27(15-11-20)25(32)21-5-3-13-29(17-21)23(30)19-6-8-22(26)9-7-19/h6-9,18,20-21H,2-5,10-17H2,1H3. The van der Waals surface area contributed by atoms with Gasteiger partial charge in [-0.2, -0.15) is 0 Å². The fourth-order valence-electron chi connectivity index (χ4n) is 5.39. The molecule has 3 aliphatic rings. The normalized spacial score (nSPS) is 25.0. The number of benzene rings is 1. The van der Waals surface area contributed by atoms with Gasteiger partial charge in [-0.25, -0.2) is 0 Å². The molecule has 0 spiro atoms. The molecule has 174 valence electrons. The monoisotopic (exact) mass is 459 g/mol. The fourth-order valence-corrected chi connectivity index (χ4v) is 5.52. The number of amides is 3. The van der Waals surface area contributed by atoms with E-state index in [4.69, 9.17) is 11.6 Å². The molecule has 0 radical (unpaired) electrons. The maximum Gasteiger partial charge on any atom is 0.253 e. The molecule has 3 heterocycles. The zero-order valence-electron chi connectivity index (χ0n) is 19.0. The summed E-state index contributed by atoms with van der Waals surface area (Å²) in [5.41, 5.74) is 0.605. The van der Waals surface area contributed by atoms with Crippen molar-refractivity contribution in [2.24, 2.45) is 17.8 Å². The predicted octanol–water partition coefficient (Wildman–Crippen LogP) is 3.69. The SMILES string of the molecule is CC1CCCN(C(=O)C2CCN(C(=O)C3CCCN(C(=O)c4ccc(Cl)cc4)C3)CC2)C1. The number of piperidine rings is 3. The summed E-state index contributed by atoms with van der Waals surface area (Å²) < 4.78 is 0. The van der Waals surface area contributed by atoms with Crippen molar-refractivity contribution in [3.63, 3.8) is 0 Å². The molecule has 2 unspecified atom stereocenters. The maximum atomic E-state index is 13.2. The lowest BCUT2D eigenvalue weighted by atomic mass is 9.90. The Hall–Kier alpha value is -2.08. The van der Waals surface area contributed by atoms with Crippen molar-refractivity contribution >= 4 is 29.3 Å². The topological polar surface area (TPSA) is 60.9 Å². The molecule has 6 nitrogen and oxygen atoms in total. The molecular weight excluding hydrogens is 426 g/mol. The zero-order chi connectivity index (χ0) is 22.7. The number of carbonyl (C=O) groups excluding carboxylic acids is 3. The predicted molar refractivity (Wildman–Crippen MR) is 124 cm³/mol. The van der Waals surface area contributed by atoms with Gasteiger partial charge in [-0.15, -0.1) is 0 Å². The van der Waals surface area contributed by atoms with Gasteiger partial charge in [-0.3, -0.25) is 14.4 Å². The van der Waals surface area contributed by atoms with Gasteiger partial charge in [0, 0.05) is 55.8 Å². The van der Waals surface area contributed by atoms with E-state index in [1.165, 1.54) is 6.42 Å². The second-order valence-corrected chi connectivity index (χ2v) is 10.2. The van der Waals surface area contributed by atoms with Crippen molar-refractivity contribution in [1.82, 2.24) is 14.7 Å². The molecule has 3 saturated heterocycles. The third kappa shape index (κ3) is 5.28. The lowest BCUT2D eigenvalue weighted by Crippen LogP contribution is -2.50. The Morgan fingerprint density at radius 2 is 1.38 bits per heavy atom. The average molecular weight is 460 g/mol. The Balaban J connectivity index is 1.29. The van der Waals surface area contributed by atoms with Crippen molar-refractivity contribution < 1.29 is 14.4 Å². The van der Waals surface area contributed by atoms with Crippen LogP contribution in [0.3, 0.4) is 0 Å². The molecule has 0 aromatic heterocycles. The zero-order valence-corrected chi connectivity index (χ0v) is 19.7. The molecule has 4 rings (SSSR count). The quantitative estimate of drug-likeness (QED) is 0.692. The first-order valence-corrected chi connectivity index (χ1v) is 12.4. The highest BCUT2D eigenvalue weighted by Gasteiger charge is 2.35.